The van der Waals surface area contributed by atoms with Gasteiger partial charge < -0.3 is 14.9 Å². The minimum Gasteiger partial charge on any atom is -0.481 e. The third kappa shape index (κ3) is 11.4. The van der Waals surface area contributed by atoms with E-state index in [1.165, 1.54) is 14.3 Å². The van der Waals surface area contributed by atoms with E-state index in [9.17, 15) is 24.3 Å². The van der Waals surface area contributed by atoms with Gasteiger partial charge in [0.1, 0.15) is 11.6 Å². The summed E-state index contributed by atoms with van der Waals surface area (Å²) in [5.74, 6) is -1.96. The molecule has 1 aliphatic rings. The number of rotatable bonds is 17. The predicted octanol–water partition coefficient (Wildman–Crippen LogP) is 3.78. The first-order chi connectivity index (χ1) is 14.7. The number of carboxylic acids is 2. The summed E-state index contributed by atoms with van der Waals surface area (Å²) >= 11 is 3.25. The third-order valence-electron chi connectivity index (χ3n) is 4.96. The van der Waals surface area contributed by atoms with Crippen molar-refractivity contribution in [1.29, 1.82) is 0 Å². The van der Waals surface area contributed by atoms with Crippen molar-refractivity contribution < 1.29 is 35.5 Å². The van der Waals surface area contributed by atoms with Gasteiger partial charge in [0.05, 0.1) is 25.0 Å². The lowest BCUT2D eigenvalue weighted by atomic mass is 9.99. The average molecular weight is 466 g/mol. The highest BCUT2D eigenvalue weighted by molar-refractivity contribution is 8.04. The smallest absolute Gasteiger partial charge is 0.307 e. The van der Waals surface area contributed by atoms with Crippen LogP contribution in [0.5, 0.6) is 0 Å². The highest BCUT2D eigenvalue weighted by atomic mass is 32.2. The fraction of sp³-hybridized carbons (Fsp3) is 0.810. The normalized spacial score (nSPS) is 20.0. The third-order valence-corrected chi connectivity index (χ3v) is 8.31. The molecule has 7 nitrogen and oxygen atoms in total. The van der Waals surface area contributed by atoms with E-state index in [0.29, 0.717) is 34.8 Å². The molecule has 0 heterocycles. The molecular formula is C21H36O7S2. The lowest BCUT2D eigenvalue weighted by Crippen LogP contribution is -2.34. The molecule has 1 saturated carbocycles. The number of hydrogen-bond donors (Lipinski definition) is 2. The zero-order chi connectivity index (χ0) is 23.8. The molecule has 0 aromatic carbocycles. The van der Waals surface area contributed by atoms with E-state index < -0.39 is 17.9 Å². The largest absolute Gasteiger partial charge is 0.481 e. The monoisotopic (exact) mass is 465 g/mol. The minimum absolute atomic E-state index is 0.0140. The molecule has 9 heteroatoms. The molecule has 4 atom stereocenters. The summed E-state index contributed by atoms with van der Waals surface area (Å²) in [6, 6.07) is 0. The van der Waals surface area contributed by atoms with E-state index in [1.807, 2.05) is 6.92 Å². The van der Waals surface area contributed by atoms with Gasteiger partial charge in [0.25, 0.3) is 0 Å². The Hall–Kier alpha value is -1.06. The van der Waals surface area contributed by atoms with Crippen LogP contribution >= 0.6 is 23.5 Å². The number of Topliss-reactive ketones (excluding diaryl/α,β-unsaturated/α-hetero) is 2. The summed E-state index contributed by atoms with van der Waals surface area (Å²) in [7, 11) is 1.25. The van der Waals surface area contributed by atoms with Gasteiger partial charge in [-0.2, -0.15) is 23.5 Å². The van der Waals surface area contributed by atoms with E-state index in [0.717, 1.165) is 12.8 Å². The number of carbonyl (C=O) groups excluding carboxylic acids is 2. The second kappa shape index (κ2) is 15.7. The Morgan fingerprint density at radius 3 is 1.93 bits per heavy atom. The zero-order valence-corrected chi connectivity index (χ0v) is 19.8. The first-order valence-corrected chi connectivity index (χ1v) is 12.1. The van der Waals surface area contributed by atoms with Crippen LogP contribution in [0.25, 0.3) is 0 Å². The number of aliphatic carboxylic acids is 2. The van der Waals surface area contributed by atoms with Crippen LogP contribution in [0.15, 0.2) is 0 Å². The number of ether oxygens (including phenoxy) is 1. The topological polar surface area (TPSA) is 118 Å². The van der Waals surface area contributed by atoms with E-state index in [4.69, 9.17) is 11.2 Å². The zero-order valence-electron chi connectivity index (χ0n) is 19.1. The Balaban J connectivity index is 0.00000436. The number of carboxylic acid groups (broad SMARTS) is 2. The van der Waals surface area contributed by atoms with Crippen molar-refractivity contribution in [2.45, 2.75) is 70.3 Å². The minimum atomic E-state index is -0.969. The van der Waals surface area contributed by atoms with Gasteiger partial charge in [-0.1, -0.05) is 14.3 Å². The molecule has 0 amide bonds. The van der Waals surface area contributed by atoms with Crippen molar-refractivity contribution in [3.63, 3.8) is 0 Å². The van der Waals surface area contributed by atoms with Crippen LogP contribution in [0.1, 0.15) is 61.1 Å². The molecule has 2 N–H and O–H groups in total. The molecule has 0 bridgehead atoms. The van der Waals surface area contributed by atoms with Gasteiger partial charge in [-0.25, -0.2) is 0 Å². The van der Waals surface area contributed by atoms with Gasteiger partial charge in [-0.15, -0.1) is 0 Å². The Kier molecular flexibility index (Phi) is 14.1. The number of ketones is 2. The van der Waals surface area contributed by atoms with Gasteiger partial charge in [0.15, 0.2) is 0 Å². The van der Waals surface area contributed by atoms with Crippen LogP contribution in [0.4, 0.5) is 0 Å². The van der Waals surface area contributed by atoms with Crippen LogP contribution in [0, 0.1) is 11.8 Å². The molecule has 0 aromatic heterocycles. The maximum atomic E-state index is 12.0. The lowest BCUT2D eigenvalue weighted by molar-refractivity contribution is -0.143. The summed E-state index contributed by atoms with van der Waals surface area (Å²) < 4.78 is 11.0. The SMILES string of the molecule is CCC(CSC1CCC1SCC(CC(=O)CCOCCC(C)=O)C(=O)O)C(=O)O.[2H]C. The molecule has 1 fully saturated rings. The second-order valence-electron chi connectivity index (χ2n) is 7.36. The summed E-state index contributed by atoms with van der Waals surface area (Å²) in [5, 5.41) is 19.2. The molecule has 0 spiro atoms. The van der Waals surface area contributed by atoms with Crippen LogP contribution < -0.4 is 0 Å². The maximum Gasteiger partial charge on any atom is 0.307 e. The van der Waals surface area contributed by atoms with Crippen molar-refractivity contribution in [2.24, 2.45) is 11.8 Å². The van der Waals surface area contributed by atoms with Crippen molar-refractivity contribution in [1.82, 2.24) is 0 Å². The van der Waals surface area contributed by atoms with Gasteiger partial charge in [-0.3, -0.25) is 19.2 Å². The highest BCUT2D eigenvalue weighted by Gasteiger charge is 2.34. The van der Waals surface area contributed by atoms with Crippen molar-refractivity contribution >= 4 is 47.0 Å². The quantitative estimate of drug-likeness (QED) is 0.309. The van der Waals surface area contributed by atoms with Crippen LogP contribution in [0.3, 0.4) is 0 Å². The highest BCUT2D eigenvalue weighted by Crippen LogP contribution is 2.41. The Bertz CT molecular complexity index is 574. The van der Waals surface area contributed by atoms with E-state index in [-0.39, 0.29) is 43.5 Å². The molecule has 1 rings (SSSR count). The van der Waals surface area contributed by atoms with E-state index in [2.05, 4.69) is 0 Å². The summed E-state index contributed by atoms with van der Waals surface area (Å²) in [4.78, 5) is 45.5. The molecule has 4 unspecified atom stereocenters. The average Bonchev–Trinajstić information content (AvgIpc) is 2.70. The first-order valence-electron chi connectivity index (χ1n) is 11.0. The Morgan fingerprint density at radius 2 is 1.50 bits per heavy atom. The fourth-order valence-corrected chi connectivity index (χ4v) is 6.14. The van der Waals surface area contributed by atoms with Crippen LogP contribution in [-0.2, 0) is 23.9 Å². The molecular weight excluding hydrogens is 428 g/mol. The first kappa shape index (κ1) is 27.0. The second-order valence-corrected chi connectivity index (χ2v) is 9.90. The van der Waals surface area contributed by atoms with Gasteiger partial charge >= 0.3 is 11.9 Å². The predicted molar refractivity (Wildman–Crippen MR) is 121 cm³/mol. The molecule has 174 valence electrons. The van der Waals surface area contributed by atoms with Gasteiger partial charge in [-0.05, 0) is 26.2 Å². The van der Waals surface area contributed by atoms with Crippen LogP contribution in [-0.4, -0.2) is 68.9 Å². The number of hydrogen-bond acceptors (Lipinski definition) is 7. The summed E-state index contributed by atoms with van der Waals surface area (Å²) in [5.41, 5.74) is 0. The van der Waals surface area contributed by atoms with Crippen LogP contribution in [0.2, 0.25) is 0 Å². The molecule has 0 radical (unpaired) electrons. The molecule has 30 heavy (non-hydrogen) atoms. The molecule has 0 aliphatic heterocycles. The Labute approximate surface area is 189 Å². The molecule has 0 aromatic rings. The summed E-state index contributed by atoms with van der Waals surface area (Å²) in [6.07, 6.45) is 3.08. The van der Waals surface area contributed by atoms with Crippen molar-refractivity contribution in [2.75, 3.05) is 24.7 Å². The van der Waals surface area contributed by atoms with Crippen molar-refractivity contribution in [3.05, 3.63) is 0 Å². The van der Waals surface area contributed by atoms with Gasteiger partial charge in [0, 0.05) is 42.6 Å². The fourth-order valence-electron chi connectivity index (χ4n) is 2.76. The van der Waals surface area contributed by atoms with E-state index in [1.54, 1.807) is 23.5 Å². The van der Waals surface area contributed by atoms with Gasteiger partial charge in [0.2, 0.25) is 0 Å². The molecule has 1 aliphatic carbocycles. The maximum absolute atomic E-state index is 12.0. The number of carbonyl (C=O) groups is 4. The Morgan fingerprint density at radius 1 is 1.00 bits per heavy atom. The number of thioether (sulfide) groups is 2. The van der Waals surface area contributed by atoms with E-state index >= 15 is 0 Å². The summed E-state index contributed by atoms with van der Waals surface area (Å²) in [6.45, 7) is 3.83. The standard InChI is InChI=1S/C20H32O7S2.CH4/c1-3-14(19(23)24)11-28-17-4-5-18(17)29-12-15(20(25)26)10-16(22)7-9-27-8-6-13(2)21;/h14-15,17-18H,3-12H2,1-2H3,(H,23,24)(H,25,26);1H4/i;1D. The van der Waals surface area contributed by atoms with Crippen molar-refractivity contribution in [3.8, 4) is 0 Å². The lowest BCUT2D eigenvalue weighted by Gasteiger charge is -2.36. The molecule has 0 saturated heterocycles.